The van der Waals surface area contributed by atoms with Crippen molar-refractivity contribution in [2.75, 3.05) is 7.11 Å². The van der Waals surface area contributed by atoms with Gasteiger partial charge in [-0.25, -0.2) is 9.97 Å². The number of rotatable bonds is 3. The summed E-state index contributed by atoms with van der Waals surface area (Å²) in [6.45, 7) is 0. The lowest BCUT2D eigenvalue weighted by Gasteiger charge is -2.08. The molecule has 0 spiro atoms. The lowest BCUT2D eigenvalue weighted by molar-refractivity contribution is -0.137. The first-order chi connectivity index (χ1) is 12.5. The van der Waals surface area contributed by atoms with Crippen molar-refractivity contribution in [1.29, 1.82) is 0 Å². The number of hydrogen-bond acceptors (Lipinski definition) is 6. The molecule has 4 aromatic rings. The van der Waals surface area contributed by atoms with E-state index < -0.39 is 11.7 Å². The molecule has 0 fully saturated rings. The van der Waals surface area contributed by atoms with Gasteiger partial charge in [-0.05, 0) is 24.3 Å². The maximum absolute atomic E-state index is 13.0. The molecule has 4 rings (SSSR count). The molecule has 132 valence electrons. The van der Waals surface area contributed by atoms with E-state index in [1.165, 1.54) is 24.5 Å². The zero-order valence-corrected chi connectivity index (χ0v) is 14.0. The van der Waals surface area contributed by atoms with Crippen LogP contribution in [0.25, 0.3) is 28.4 Å². The third-order valence-electron chi connectivity index (χ3n) is 3.71. The van der Waals surface area contributed by atoms with Gasteiger partial charge < -0.3 is 4.74 Å². The summed E-state index contributed by atoms with van der Waals surface area (Å²) in [7, 11) is 1.47. The van der Waals surface area contributed by atoms with E-state index >= 15 is 0 Å². The number of hydrogen-bond donors (Lipinski definition) is 0. The van der Waals surface area contributed by atoms with Gasteiger partial charge >= 0.3 is 6.18 Å². The van der Waals surface area contributed by atoms with Gasteiger partial charge in [0, 0.05) is 11.4 Å². The highest BCUT2D eigenvalue weighted by molar-refractivity contribution is 7.07. The number of benzene rings is 1. The Balaban J connectivity index is 1.97. The molecule has 0 saturated carbocycles. The second-order valence-electron chi connectivity index (χ2n) is 5.28. The van der Waals surface area contributed by atoms with E-state index in [2.05, 4.69) is 20.2 Å². The van der Waals surface area contributed by atoms with E-state index in [0.29, 0.717) is 28.7 Å². The molecule has 0 amide bonds. The predicted octanol–water partition coefficient (Wildman–Crippen LogP) is 3.97. The molecular formula is C16H10F3N5OS. The van der Waals surface area contributed by atoms with Gasteiger partial charge in [-0.2, -0.15) is 13.2 Å². The molecule has 0 bridgehead atoms. The van der Waals surface area contributed by atoms with Crippen molar-refractivity contribution in [2.24, 2.45) is 0 Å². The number of fused-ring (bicyclic) bond motifs is 1. The molecular weight excluding hydrogens is 367 g/mol. The van der Waals surface area contributed by atoms with Crippen LogP contribution in [-0.4, -0.2) is 31.8 Å². The number of methoxy groups -OCH3 is 1. The van der Waals surface area contributed by atoms with Gasteiger partial charge in [0.15, 0.2) is 11.6 Å². The molecule has 0 N–H and O–H groups in total. The molecule has 0 aliphatic carbocycles. The van der Waals surface area contributed by atoms with Crippen molar-refractivity contribution >= 4 is 22.4 Å². The maximum atomic E-state index is 13.0. The van der Waals surface area contributed by atoms with Gasteiger partial charge in [0.25, 0.3) is 0 Å². The summed E-state index contributed by atoms with van der Waals surface area (Å²) >= 11 is 1.36. The fourth-order valence-corrected chi connectivity index (χ4v) is 3.05. The first kappa shape index (κ1) is 16.5. The number of imidazole rings is 1. The van der Waals surface area contributed by atoms with E-state index in [4.69, 9.17) is 4.74 Å². The second kappa shape index (κ2) is 6.06. The molecule has 1 aromatic carbocycles. The molecule has 3 heterocycles. The highest BCUT2D eigenvalue weighted by atomic mass is 32.1. The molecule has 0 radical (unpaired) electrons. The number of thiazole rings is 1. The highest BCUT2D eigenvalue weighted by Crippen LogP contribution is 2.34. The first-order valence-electron chi connectivity index (χ1n) is 7.34. The Bertz CT molecular complexity index is 1060. The molecule has 0 aliphatic rings. The molecule has 26 heavy (non-hydrogen) atoms. The molecule has 0 unspecified atom stereocenters. The van der Waals surface area contributed by atoms with Gasteiger partial charge in [-0.1, -0.05) is 0 Å². The number of alkyl halides is 3. The zero-order valence-electron chi connectivity index (χ0n) is 13.2. The summed E-state index contributed by atoms with van der Waals surface area (Å²) in [6.07, 6.45) is -4.45. The minimum Gasteiger partial charge on any atom is -0.480 e. The number of halogens is 3. The lowest BCUT2D eigenvalue weighted by atomic mass is 10.2. The van der Waals surface area contributed by atoms with Crippen molar-refractivity contribution < 1.29 is 17.9 Å². The Morgan fingerprint density at radius 1 is 1.12 bits per heavy atom. The van der Waals surface area contributed by atoms with E-state index in [1.54, 1.807) is 27.6 Å². The fourth-order valence-electron chi connectivity index (χ4n) is 2.52. The van der Waals surface area contributed by atoms with Crippen LogP contribution < -0.4 is 4.74 Å². The van der Waals surface area contributed by atoms with E-state index in [1.807, 2.05) is 0 Å². The van der Waals surface area contributed by atoms with Crippen LogP contribution in [0.15, 0.2) is 41.2 Å². The SMILES string of the molecule is COc1ccc(-n2c(-c3cscn3)nc3cc(C(F)(F)F)ccc32)nn1. The average Bonchev–Trinajstić information content (AvgIpc) is 3.28. The van der Waals surface area contributed by atoms with Crippen LogP contribution in [0, 0.1) is 0 Å². The Morgan fingerprint density at radius 3 is 2.58 bits per heavy atom. The Hall–Kier alpha value is -3.01. The van der Waals surface area contributed by atoms with Gasteiger partial charge in [-0.3, -0.25) is 4.57 Å². The largest absolute Gasteiger partial charge is 0.480 e. The van der Waals surface area contributed by atoms with Crippen LogP contribution in [0.2, 0.25) is 0 Å². The number of ether oxygens (including phenoxy) is 1. The summed E-state index contributed by atoms with van der Waals surface area (Å²) in [5.74, 6) is 1.11. The van der Waals surface area contributed by atoms with Crippen LogP contribution in [-0.2, 0) is 6.18 Å². The topological polar surface area (TPSA) is 65.7 Å². The third-order valence-corrected chi connectivity index (χ3v) is 4.29. The standard InChI is InChI=1S/C16H10F3N5OS/c1-25-14-5-4-13(22-23-14)24-12-3-2-9(16(17,18)19)6-10(12)21-15(24)11-7-26-8-20-11/h2-8H,1H3. The average molecular weight is 377 g/mol. The van der Waals surface area contributed by atoms with Crippen LogP contribution in [0.5, 0.6) is 5.88 Å². The fraction of sp³-hybridized carbons (Fsp3) is 0.125. The molecule has 0 saturated heterocycles. The Labute approximate surface area is 148 Å². The minimum atomic E-state index is -4.45. The number of aromatic nitrogens is 5. The van der Waals surface area contributed by atoms with E-state index in [9.17, 15) is 13.2 Å². The van der Waals surface area contributed by atoms with Gasteiger partial charge in [-0.15, -0.1) is 21.5 Å². The first-order valence-corrected chi connectivity index (χ1v) is 8.28. The van der Waals surface area contributed by atoms with Crippen LogP contribution in [0.3, 0.4) is 0 Å². The van der Waals surface area contributed by atoms with Crippen LogP contribution >= 0.6 is 11.3 Å². The third kappa shape index (κ3) is 2.77. The molecule has 10 heteroatoms. The van der Waals surface area contributed by atoms with E-state index in [-0.39, 0.29) is 5.52 Å². The van der Waals surface area contributed by atoms with Gasteiger partial charge in [0.1, 0.15) is 5.69 Å². The van der Waals surface area contributed by atoms with Crippen molar-refractivity contribution in [3.8, 4) is 23.2 Å². The Morgan fingerprint density at radius 2 is 1.96 bits per heavy atom. The summed E-state index contributed by atoms with van der Waals surface area (Å²) < 4.78 is 45.7. The van der Waals surface area contributed by atoms with Crippen molar-refractivity contribution in [3.63, 3.8) is 0 Å². The monoisotopic (exact) mass is 377 g/mol. The van der Waals surface area contributed by atoms with Crippen molar-refractivity contribution in [1.82, 2.24) is 24.7 Å². The van der Waals surface area contributed by atoms with Gasteiger partial charge in [0.2, 0.25) is 5.88 Å². The highest BCUT2D eigenvalue weighted by Gasteiger charge is 2.31. The second-order valence-corrected chi connectivity index (χ2v) is 6.00. The number of nitrogens with zero attached hydrogens (tertiary/aromatic N) is 5. The Kier molecular flexibility index (Phi) is 3.83. The van der Waals surface area contributed by atoms with Crippen molar-refractivity contribution in [2.45, 2.75) is 6.18 Å². The summed E-state index contributed by atoms with van der Waals surface area (Å²) in [5.41, 5.74) is 2.07. The van der Waals surface area contributed by atoms with Crippen LogP contribution in [0.4, 0.5) is 13.2 Å². The lowest BCUT2D eigenvalue weighted by Crippen LogP contribution is -2.05. The van der Waals surface area contributed by atoms with E-state index in [0.717, 1.165) is 12.1 Å². The predicted molar refractivity (Wildman–Crippen MR) is 89.3 cm³/mol. The van der Waals surface area contributed by atoms with Crippen molar-refractivity contribution in [3.05, 3.63) is 46.8 Å². The summed E-state index contributed by atoms with van der Waals surface area (Å²) in [4.78, 5) is 8.57. The molecule has 3 aromatic heterocycles. The minimum absolute atomic E-state index is 0.195. The maximum Gasteiger partial charge on any atom is 0.416 e. The zero-order chi connectivity index (χ0) is 18.3. The molecule has 0 aliphatic heterocycles. The molecule has 6 nitrogen and oxygen atoms in total. The van der Waals surface area contributed by atoms with Crippen LogP contribution in [0.1, 0.15) is 5.56 Å². The quantitative estimate of drug-likeness (QED) is 0.541. The summed E-state index contributed by atoms with van der Waals surface area (Å²) in [5, 5.41) is 9.77. The smallest absolute Gasteiger partial charge is 0.416 e. The normalized spacial score (nSPS) is 11.8. The summed E-state index contributed by atoms with van der Waals surface area (Å²) in [6, 6.07) is 6.66. The molecule has 0 atom stereocenters. The van der Waals surface area contributed by atoms with Gasteiger partial charge in [0.05, 0.1) is 29.2 Å².